The predicted octanol–water partition coefficient (Wildman–Crippen LogP) is 11.4. The molecule has 0 atom stereocenters. The van der Waals surface area contributed by atoms with Crippen molar-refractivity contribution in [2.75, 3.05) is 0 Å². The molecule has 0 spiro atoms. The van der Waals surface area contributed by atoms with Gasteiger partial charge in [0.1, 0.15) is 11.2 Å². The van der Waals surface area contributed by atoms with Crippen LogP contribution in [0.3, 0.4) is 0 Å². The Labute approximate surface area is 260 Å². The van der Waals surface area contributed by atoms with Crippen molar-refractivity contribution in [3.63, 3.8) is 0 Å². The number of furan rings is 1. The average Bonchev–Trinajstić information content (AvgIpc) is 3.49. The van der Waals surface area contributed by atoms with E-state index in [1.807, 2.05) is 36.4 Å². The molecule has 0 radical (unpaired) electrons. The van der Waals surface area contributed by atoms with Gasteiger partial charge in [-0.1, -0.05) is 115 Å². The van der Waals surface area contributed by atoms with Crippen molar-refractivity contribution < 1.29 is 4.42 Å². The van der Waals surface area contributed by atoms with E-state index < -0.39 is 0 Å². The molecule has 2 heterocycles. The normalized spacial score (nSPS) is 11.6. The molecule has 3 heteroatoms. The third-order valence-electron chi connectivity index (χ3n) is 8.67. The lowest BCUT2D eigenvalue weighted by atomic mass is 9.96. The minimum Gasteiger partial charge on any atom is -0.456 e. The van der Waals surface area contributed by atoms with Gasteiger partial charge in [0.25, 0.3) is 0 Å². The molecule has 0 N–H and O–H groups in total. The smallest absolute Gasteiger partial charge is 0.160 e. The van der Waals surface area contributed by atoms with Gasteiger partial charge in [-0.15, -0.1) is 0 Å². The SMILES string of the molecule is c1ccc(-c2cc(-c3ccc4oc5ccc(-c6ccc7c(ccc8ccccc87)c6)cc5c4c3)nc(-c3ccccc3)n2)cc1. The molecule has 0 aliphatic heterocycles. The zero-order valence-corrected chi connectivity index (χ0v) is 24.3. The van der Waals surface area contributed by atoms with Crippen molar-refractivity contribution in [3.05, 3.63) is 158 Å². The zero-order chi connectivity index (χ0) is 29.7. The number of fused-ring (bicyclic) bond motifs is 6. The largest absolute Gasteiger partial charge is 0.456 e. The fourth-order valence-electron chi connectivity index (χ4n) is 6.38. The van der Waals surface area contributed by atoms with E-state index >= 15 is 0 Å². The standard InChI is InChI=1S/C42H26N2O/c1-3-10-28(11-4-1)38-26-39(44-42(43-38)29-12-5-2-6-13-29)33-19-22-41-37(25-33)36-24-31(18-21-40(36)45-41)30-17-20-35-32(23-30)16-15-27-9-7-8-14-34(27)35/h1-26H. The Morgan fingerprint density at radius 1 is 0.333 bits per heavy atom. The number of benzene rings is 7. The first kappa shape index (κ1) is 25.4. The Morgan fingerprint density at radius 2 is 0.889 bits per heavy atom. The summed E-state index contributed by atoms with van der Waals surface area (Å²) < 4.78 is 6.31. The van der Waals surface area contributed by atoms with Crippen molar-refractivity contribution in [3.8, 4) is 45.0 Å². The van der Waals surface area contributed by atoms with Crippen LogP contribution in [-0.2, 0) is 0 Å². The fourth-order valence-corrected chi connectivity index (χ4v) is 6.38. The Bertz CT molecular complexity index is 2470. The Balaban J connectivity index is 1.18. The molecular weight excluding hydrogens is 548 g/mol. The van der Waals surface area contributed by atoms with Crippen LogP contribution in [0.15, 0.2) is 162 Å². The van der Waals surface area contributed by atoms with E-state index in [4.69, 9.17) is 14.4 Å². The maximum absolute atomic E-state index is 6.31. The van der Waals surface area contributed by atoms with Crippen molar-refractivity contribution in [2.24, 2.45) is 0 Å². The average molecular weight is 575 g/mol. The molecule has 210 valence electrons. The van der Waals surface area contributed by atoms with Gasteiger partial charge in [-0.3, -0.25) is 0 Å². The number of nitrogens with zero attached hydrogens (tertiary/aromatic N) is 2. The van der Waals surface area contributed by atoms with Crippen LogP contribution in [0.25, 0.3) is 88.5 Å². The first-order valence-corrected chi connectivity index (χ1v) is 15.2. The summed E-state index contributed by atoms with van der Waals surface area (Å²) in [6.45, 7) is 0. The van der Waals surface area contributed by atoms with Crippen LogP contribution in [0, 0.1) is 0 Å². The molecule has 2 aromatic heterocycles. The van der Waals surface area contributed by atoms with Gasteiger partial charge in [-0.2, -0.15) is 0 Å². The van der Waals surface area contributed by atoms with Crippen molar-refractivity contribution in [1.29, 1.82) is 0 Å². The number of hydrogen-bond acceptors (Lipinski definition) is 3. The van der Waals surface area contributed by atoms with Crippen LogP contribution >= 0.6 is 0 Å². The molecule has 0 bridgehead atoms. The highest BCUT2D eigenvalue weighted by atomic mass is 16.3. The van der Waals surface area contributed by atoms with E-state index in [2.05, 4.69) is 121 Å². The molecule has 45 heavy (non-hydrogen) atoms. The summed E-state index contributed by atoms with van der Waals surface area (Å²) >= 11 is 0. The molecule has 0 amide bonds. The molecule has 9 rings (SSSR count). The second-order valence-electron chi connectivity index (χ2n) is 11.4. The molecule has 0 fully saturated rings. The van der Waals surface area contributed by atoms with Crippen LogP contribution in [0.1, 0.15) is 0 Å². The van der Waals surface area contributed by atoms with Crippen molar-refractivity contribution >= 4 is 43.5 Å². The summed E-state index contributed by atoms with van der Waals surface area (Å²) in [5, 5.41) is 7.20. The number of hydrogen-bond donors (Lipinski definition) is 0. The summed E-state index contributed by atoms with van der Waals surface area (Å²) in [6, 6.07) is 55.1. The van der Waals surface area contributed by atoms with Gasteiger partial charge >= 0.3 is 0 Å². The van der Waals surface area contributed by atoms with E-state index in [1.165, 1.54) is 27.1 Å². The second kappa shape index (κ2) is 10.3. The first-order valence-electron chi connectivity index (χ1n) is 15.2. The van der Waals surface area contributed by atoms with E-state index in [9.17, 15) is 0 Å². The summed E-state index contributed by atoms with van der Waals surface area (Å²) in [7, 11) is 0. The third-order valence-corrected chi connectivity index (χ3v) is 8.67. The maximum atomic E-state index is 6.31. The van der Waals surface area contributed by atoms with E-state index in [-0.39, 0.29) is 0 Å². The molecule has 0 unspecified atom stereocenters. The van der Waals surface area contributed by atoms with Gasteiger partial charge < -0.3 is 4.42 Å². The fraction of sp³-hybridized carbons (Fsp3) is 0. The van der Waals surface area contributed by atoms with Gasteiger partial charge in [0.15, 0.2) is 5.82 Å². The number of aromatic nitrogens is 2. The maximum Gasteiger partial charge on any atom is 0.160 e. The zero-order valence-electron chi connectivity index (χ0n) is 24.3. The molecule has 0 aliphatic rings. The lowest BCUT2D eigenvalue weighted by Crippen LogP contribution is -1.95. The van der Waals surface area contributed by atoms with Gasteiger partial charge in [0.2, 0.25) is 0 Å². The Hall–Kier alpha value is -6.06. The predicted molar refractivity (Wildman–Crippen MR) is 186 cm³/mol. The Morgan fingerprint density at radius 3 is 1.67 bits per heavy atom. The van der Waals surface area contributed by atoms with Gasteiger partial charge in [0.05, 0.1) is 11.4 Å². The topological polar surface area (TPSA) is 38.9 Å². The first-order chi connectivity index (χ1) is 22.3. The minimum atomic E-state index is 0.704. The molecular formula is C42H26N2O. The molecule has 0 saturated carbocycles. The summed E-state index contributed by atoms with van der Waals surface area (Å²) in [5.41, 5.74) is 8.89. The molecule has 9 aromatic rings. The summed E-state index contributed by atoms with van der Waals surface area (Å²) in [6.07, 6.45) is 0. The summed E-state index contributed by atoms with van der Waals surface area (Å²) in [5.74, 6) is 0.704. The van der Waals surface area contributed by atoms with Gasteiger partial charge in [-0.05, 0) is 75.1 Å². The van der Waals surface area contributed by atoms with Crippen LogP contribution in [-0.4, -0.2) is 9.97 Å². The van der Waals surface area contributed by atoms with E-state index in [0.29, 0.717) is 5.82 Å². The highest BCUT2D eigenvalue weighted by molar-refractivity contribution is 6.10. The van der Waals surface area contributed by atoms with Crippen LogP contribution in [0.5, 0.6) is 0 Å². The van der Waals surface area contributed by atoms with Crippen LogP contribution in [0.2, 0.25) is 0 Å². The third kappa shape index (κ3) is 4.45. The highest BCUT2D eigenvalue weighted by Gasteiger charge is 2.14. The molecule has 3 nitrogen and oxygen atoms in total. The lowest BCUT2D eigenvalue weighted by Gasteiger charge is -2.09. The van der Waals surface area contributed by atoms with Crippen LogP contribution in [0.4, 0.5) is 0 Å². The quantitative estimate of drug-likeness (QED) is 0.196. The molecule has 0 saturated heterocycles. The second-order valence-corrected chi connectivity index (χ2v) is 11.4. The Kier molecular flexibility index (Phi) is 5.82. The molecule has 0 aliphatic carbocycles. The molecule has 7 aromatic carbocycles. The monoisotopic (exact) mass is 574 g/mol. The van der Waals surface area contributed by atoms with E-state index in [1.54, 1.807) is 0 Å². The highest BCUT2D eigenvalue weighted by Crippen LogP contribution is 2.37. The minimum absolute atomic E-state index is 0.704. The number of rotatable bonds is 4. The summed E-state index contributed by atoms with van der Waals surface area (Å²) in [4.78, 5) is 10.0. The van der Waals surface area contributed by atoms with Crippen molar-refractivity contribution in [2.45, 2.75) is 0 Å². The van der Waals surface area contributed by atoms with E-state index in [0.717, 1.165) is 55.6 Å². The van der Waals surface area contributed by atoms with Gasteiger partial charge in [-0.25, -0.2) is 9.97 Å². The van der Waals surface area contributed by atoms with Crippen LogP contribution < -0.4 is 0 Å². The lowest BCUT2D eigenvalue weighted by molar-refractivity contribution is 0.669. The van der Waals surface area contributed by atoms with Crippen molar-refractivity contribution in [1.82, 2.24) is 9.97 Å². The van der Waals surface area contributed by atoms with Gasteiger partial charge in [0, 0.05) is 27.5 Å².